The van der Waals surface area contributed by atoms with Gasteiger partial charge in [0.2, 0.25) is 0 Å². The highest BCUT2D eigenvalue weighted by Gasteiger charge is 2.49. The molecule has 3 amide bonds. The summed E-state index contributed by atoms with van der Waals surface area (Å²) in [7, 11) is 0. The molecule has 7 nitrogen and oxygen atoms in total. The van der Waals surface area contributed by atoms with Crippen LogP contribution in [0.4, 0.5) is 4.79 Å². The van der Waals surface area contributed by atoms with Crippen LogP contribution in [-0.4, -0.2) is 42.4 Å². The van der Waals surface area contributed by atoms with E-state index in [1.54, 1.807) is 37.3 Å². The van der Waals surface area contributed by atoms with Crippen molar-refractivity contribution in [1.82, 2.24) is 10.2 Å². The third-order valence-corrected chi connectivity index (χ3v) is 5.82. The SMILES string of the molecule is CC1(c2ccc3c(c2)OCCO3)NC(=O)N(CC(=O)c2ccc(Cl)s2)C1=O. The number of fused-ring (bicyclic) bond motifs is 1. The first-order chi connectivity index (χ1) is 12.9. The van der Waals surface area contributed by atoms with Crippen LogP contribution in [0.15, 0.2) is 30.3 Å². The summed E-state index contributed by atoms with van der Waals surface area (Å²) in [6.45, 7) is 2.13. The molecule has 9 heteroatoms. The number of ketones is 1. The average Bonchev–Trinajstić information content (AvgIpc) is 3.19. The van der Waals surface area contributed by atoms with Crippen molar-refractivity contribution in [2.24, 2.45) is 0 Å². The first-order valence-corrected chi connectivity index (χ1v) is 9.41. The Morgan fingerprint density at radius 3 is 2.67 bits per heavy atom. The van der Waals surface area contributed by atoms with Crippen molar-refractivity contribution >= 4 is 40.7 Å². The number of halogens is 1. The lowest BCUT2D eigenvalue weighted by molar-refractivity contribution is -0.130. The van der Waals surface area contributed by atoms with Crippen LogP contribution in [0.5, 0.6) is 11.5 Å². The summed E-state index contributed by atoms with van der Waals surface area (Å²) < 4.78 is 11.5. The van der Waals surface area contributed by atoms with Crippen molar-refractivity contribution in [3.63, 3.8) is 0 Å². The Balaban J connectivity index is 1.59. The monoisotopic (exact) mass is 406 g/mol. The fraction of sp³-hybridized carbons (Fsp3) is 0.278. The van der Waals surface area contributed by atoms with E-state index in [-0.39, 0.29) is 12.3 Å². The maximum atomic E-state index is 13.0. The number of Topliss-reactive ketones (excluding diaryl/α,β-unsaturated/α-hetero) is 1. The minimum Gasteiger partial charge on any atom is -0.486 e. The van der Waals surface area contributed by atoms with Crippen molar-refractivity contribution in [3.05, 3.63) is 45.1 Å². The van der Waals surface area contributed by atoms with Gasteiger partial charge in [-0.2, -0.15) is 0 Å². The normalized spacial score (nSPS) is 21.3. The summed E-state index contributed by atoms with van der Waals surface area (Å²) >= 11 is 6.96. The molecule has 0 aliphatic carbocycles. The Morgan fingerprint density at radius 1 is 1.22 bits per heavy atom. The highest BCUT2D eigenvalue weighted by Crippen LogP contribution is 2.37. The summed E-state index contributed by atoms with van der Waals surface area (Å²) in [5.41, 5.74) is -0.737. The number of thiophene rings is 1. The second kappa shape index (κ2) is 6.54. The van der Waals surface area contributed by atoms with Crippen molar-refractivity contribution in [3.8, 4) is 11.5 Å². The minimum absolute atomic E-state index is 0.346. The van der Waals surface area contributed by atoms with Gasteiger partial charge in [0.1, 0.15) is 18.8 Å². The van der Waals surface area contributed by atoms with E-state index in [9.17, 15) is 14.4 Å². The highest BCUT2D eigenvalue weighted by molar-refractivity contribution is 7.18. The zero-order valence-corrected chi connectivity index (χ0v) is 15.9. The number of amides is 3. The Bertz CT molecular complexity index is 959. The Kier molecular flexibility index (Phi) is 4.32. The van der Waals surface area contributed by atoms with Crippen molar-refractivity contribution in [2.45, 2.75) is 12.5 Å². The quantitative estimate of drug-likeness (QED) is 0.623. The zero-order chi connectivity index (χ0) is 19.2. The van der Waals surface area contributed by atoms with Gasteiger partial charge >= 0.3 is 6.03 Å². The van der Waals surface area contributed by atoms with Gasteiger partial charge in [-0.15, -0.1) is 11.3 Å². The lowest BCUT2D eigenvalue weighted by Gasteiger charge is -2.25. The number of urea groups is 1. The van der Waals surface area contributed by atoms with E-state index in [0.29, 0.717) is 39.5 Å². The molecule has 2 aliphatic heterocycles. The third kappa shape index (κ3) is 3.04. The van der Waals surface area contributed by atoms with Crippen LogP contribution in [-0.2, 0) is 10.3 Å². The van der Waals surface area contributed by atoms with E-state index in [4.69, 9.17) is 21.1 Å². The predicted molar refractivity (Wildman–Crippen MR) is 98.7 cm³/mol. The third-order valence-electron chi connectivity index (χ3n) is 4.54. The Labute approximate surface area is 163 Å². The van der Waals surface area contributed by atoms with Crippen LogP contribution in [0.1, 0.15) is 22.2 Å². The molecule has 1 saturated heterocycles. The van der Waals surface area contributed by atoms with E-state index in [1.165, 1.54) is 0 Å². The molecule has 0 saturated carbocycles. The molecule has 0 bridgehead atoms. The smallest absolute Gasteiger partial charge is 0.325 e. The van der Waals surface area contributed by atoms with Gasteiger partial charge in [-0.25, -0.2) is 4.79 Å². The Hall–Kier alpha value is -2.58. The van der Waals surface area contributed by atoms with Crippen molar-refractivity contribution < 1.29 is 23.9 Å². The lowest BCUT2D eigenvalue weighted by Crippen LogP contribution is -2.41. The van der Waals surface area contributed by atoms with Gasteiger partial charge in [0.05, 0.1) is 15.8 Å². The first-order valence-electron chi connectivity index (χ1n) is 8.21. The molecule has 1 atom stereocenters. The van der Waals surface area contributed by atoms with Gasteiger partial charge in [-0.05, 0) is 36.8 Å². The van der Waals surface area contributed by atoms with Gasteiger partial charge in [0.15, 0.2) is 17.3 Å². The number of hydrogen-bond acceptors (Lipinski definition) is 6. The van der Waals surface area contributed by atoms with Gasteiger partial charge in [0, 0.05) is 0 Å². The molecular formula is C18H15ClN2O5S. The number of nitrogens with zero attached hydrogens (tertiary/aromatic N) is 1. The second-order valence-corrected chi connectivity index (χ2v) is 8.05. The first kappa shape index (κ1) is 17.8. The van der Waals surface area contributed by atoms with Gasteiger partial charge in [-0.1, -0.05) is 17.7 Å². The van der Waals surface area contributed by atoms with Crippen LogP contribution in [0.25, 0.3) is 0 Å². The zero-order valence-electron chi connectivity index (χ0n) is 14.3. The standard InChI is InChI=1S/C18H15ClN2O5S/c1-18(10-2-3-12-13(8-10)26-7-6-25-12)16(23)21(17(24)20-18)9-11(22)14-4-5-15(19)27-14/h2-5,8H,6-7,9H2,1H3,(H,20,24). The second-order valence-electron chi connectivity index (χ2n) is 6.33. The molecule has 1 aromatic carbocycles. The molecule has 1 N–H and O–H groups in total. The summed E-state index contributed by atoms with van der Waals surface area (Å²) in [5.74, 6) is 0.263. The van der Waals surface area contributed by atoms with Gasteiger partial charge in [0.25, 0.3) is 5.91 Å². The summed E-state index contributed by atoms with van der Waals surface area (Å²) in [6.07, 6.45) is 0. The van der Waals surface area contributed by atoms with E-state index < -0.39 is 17.5 Å². The van der Waals surface area contributed by atoms with Gasteiger partial charge in [-0.3, -0.25) is 14.5 Å². The predicted octanol–water partition coefficient (Wildman–Crippen LogP) is 2.82. The minimum atomic E-state index is -1.29. The molecule has 4 rings (SSSR count). The topological polar surface area (TPSA) is 84.9 Å². The van der Waals surface area contributed by atoms with Crippen LogP contribution in [0.2, 0.25) is 4.34 Å². The number of rotatable bonds is 4. The molecule has 2 aliphatic rings. The number of ether oxygens (including phenoxy) is 2. The fourth-order valence-corrected chi connectivity index (χ4v) is 4.05. The maximum absolute atomic E-state index is 13.0. The molecule has 1 unspecified atom stereocenters. The molecule has 2 aromatic rings. The molecule has 1 aromatic heterocycles. The van der Waals surface area contributed by atoms with Crippen molar-refractivity contribution in [2.75, 3.05) is 19.8 Å². The summed E-state index contributed by atoms with van der Waals surface area (Å²) in [4.78, 5) is 39.1. The molecule has 0 spiro atoms. The van der Waals surface area contributed by atoms with Crippen LogP contribution >= 0.6 is 22.9 Å². The van der Waals surface area contributed by atoms with Crippen LogP contribution < -0.4 is 14.8 Å². The van der Waals surface area contributed by atoms with E-state index in [0.717, 1.165) is 16.2 Å². The highest BCUT2D eigenvalue weighted by atomic mass is 35.5. The lowest BCUT2D eigenvalue weighted by atomic mass is 9.91. The summed E-state index contributed by atoms with van der Waals surface area (Å²) in [6, 6.07) is 7.65. The molecular weight excluding hydrogens is 392 g/mol. The van der Waals surface area contributed by atoms with E-state index >= 15 is 0 Å². The number of imide groups is 1. The largest absolute Gasteiger partial charge is 0.486 e. The molecule has 0 radical (unpaired) electrons. The Morgan fingerprint density at radius 2 is 1.96 bits per heavy atom. The van der Waals surface area contributed by atoms with Crippen LogP contribution in [0, 0.1) is 0 Å². The molecule has 140 valence electrons. The average molecular weight is 407 g/mol. The molecule has 27 heavy (non-hydrogen) atoms. The number of benzene rings is 1. The number of hydrogen-bond donors (Lipinski definition) is 1. The number of carbonyl (C=O) groups is 3. The van der Waals surface area contributed by atoms with Crippen LogP contribution in [0.3, 0.4) is 0 Å². The molecule has 3 heterocycles. The van der Waals surface area contributed by atoms with E-state index in [2.05, 4.69) is 5.32 Å². The maximum Gasteiger partial charge on any atom is 0.325 e. The molecule has 1 fully saturated rings. The number of nitrogens with one attached hydrogen (secondary N) is 1. The number of carbonyl (C=O) groups excluding carboxylic acids is 3. The van der Waals surface area contributed by atoms with E-state index in [1.807, 2.05) is 0 Å². The van der Waals surface area contributed by atoms with Crippen molar-refractivity contribution in [1.29, 1.82) is 0 Å². The fourth-order valence-electron chi connectivity index (χ4n) is 3.08. The summed E-state index contributed by atoms with van der Waals surface area (Å²) in [5, 5.41) is 2.68. The van der Waals surface area contributed by atoms with Gasteiger partial charge < -0.3 is 14.8 Å².